The lowest BCUT2D eigenvalue weighted by Gasteiger charge is -2.33. The molecule has 1 fully saturated rings. The summed E-state index contributed by atoms with van der Waals surface area (Å²) in [6.07, 6.45) is 2.31. The van der Waals surface area contributed by atoms with Gasteiger partial charge in [0.2, 0.25) is 5.91 Å². The largest absolute Gasteiger partial charge is 0.469 e. The van der Waals surface area contributed by atoms with E-state index < -0.39 is 23.6 Å². The Balaban J connectivity index is 1.84. The number of nitrogens with one attached hydrogen (secondary N) is 1. The van der Waals surface area contributed by atoms with Gasteiger partial charge in [-0.15, -0.1) is 0 Å². The highest BCUT2D eigenvalue weighted by Gasteiger charge is 2.35. The fraction of sp³-hybridized carbons (Fsp3) is 0.640. The Morgan fingerprint density at radius 1 is 1.12 bits per heavy atom. The molecule has 1 aliphatic rings. The predicted octanol–water partition coefficient (Wildman–Crippen LogP) is 3.49. The van der Waals surface area contributed by atoms with Gasteiger partial charge in [-0.25, -0.2) is 4.79 Å². The molecular weight excluding hydrogens is 424 g/mol. The second kappa shape index (κ2) is 12.0. The molecule has 0 heterocycles. The second-order valence-corrected chi connectivity index (χ2v) is 9.85. The minimum absolute atomic E-state index is 0.0472. The van der Waals surface area contributed by atoms with Crippen LogP contribution >= 0.6 is 0 Å². The van der Waals surface area contributed by atoms with Crippen LogP contribution in [0.3, 0.4) is 0 Å². The Labute approximate surface area is 196 Å². The number of carbonyl (C=O) groups is 3. The van der Waals surface area contributed by atoms with Crippen LogP contribution in [0.5, 0.6) is 0 Å². The molecule has 2 rings (SSSR count). The van der Waals surface area contributed by atoms with E-state index in [1.807, 2.05) is 19.1 Å². The van der Waals surface area contributed by atoms with Crippen molar-refractivity contribution in [1.29, 1.82) is 0 Å². The van der Waals surface area contributed by atoms with Crippen molar-refractivity contribution in [1.82, 2.24) is 5.32 Å². The van der Waals surface area contributed by atoms with Gasteiger partial charge in [-0.3, -0.25) is 9.59 Å². The number of primary amides is 1. The van der Waals surface area contributed by atoms with Gasteiger partial charge in [-0.05, 0) is 70.4 Å². The Morgan fingerprint density at radius 3 is 2.27 bits per heavy atom. The maximum absolute atomic E-state index is 12.2. The van der Waals surface area contributed by atoms with Gasteiger partial charge in [0.05, 0.1) is 31.8 Å². The third-order valence-corrected chi connectivity index (χ3v) is 5.80. The number of carbonyl (C=O) groups excluding carboxylic acids is 3. The molecule has 1 saturated carbocycles. The summed E-state index contributed by atoms with van der Waals surface area (Å²) < 4.78 is 16.1. The van der Waals surface area contributed by atoms with Gasteiger partial charge in [0, 0.05) is 6.42 Å². The van der Waals surface area contributed by atoms with Crippen molar-refractivity contribution in [3.63, 3.8) is 0 Å². The molecule has 2 atom stereocenters. The summed E-state index contributed by atoms with van der Waals surface area (Å²) in [6, 6.07) is 7.81. The van der Waals surface area contributed by atoms with Crippen LogP contribution in [0.4, 0.5) is 4.79 Å². The summed E-state index contributed by atoms with van der Waals surface area (Å²) in [5, 5.41) is 2.80. The Morgan fingerprint density at radius 2 is 1.73 bits per heavy atom. The number of rotatable bonds is 11. The van der Waals surface area contributed by atoms with Crippen LogP contribution in [0.2, 0.25) is 0 Å². The van der Waals surface area contributed by atoms with Crippen molar-refractivity contribution in [3.05, 3.63) is 35.4 Å². The molecule has 33 heavy (non-hydrogen) atoms. The van der Waals surface area contributed by atoms with E-state index in [1.165, 1.54) is 12.7 Å². The second-order valence-electron chi connectivity index (χ2n) is 9.85. The minimum atomic E-state index is -0.621. The van der Waals surface area contributed by atoms with Crippen molar-refractivity contribution in [2.24, 2.45) is 17.6 Å². The van der Waals surface area contributed by atoms with E-state index in [1.54, 1.807) is 20.8 Å². The van der Waals surface area contributed by atoms with Crippen molar-refractivity contribution < 1.29 is 28.6 Å². The summed E-state index contributed by atoms with van der Waals surface area (Å²) in [6.45, 7) is 7.59. The smallest absolute Gasteiger partial charge is 0.407 e. The summed E-state index contributed by atoms with van der Waals surface area (Å²) in [4.78, 5) is 34.9. The number of hydrogen-bond acceptors (Lipinski definition) is 6. The van der Waals surface area contributed by atoms with Gasteiger partial charge in [0.15, 0.2) is 0 Å². The molecule has 3 N–H and O–H groups in total. The topological polar surface area (TPSA) is 117 Å². The van der Waals surface area contributed by atoms with E-state index >= 15 is 0 Å². The van der Waals surface area contributed by atoms with E-state index in [9.17, 15) is 14.4 Å². The zero-order valence-corrected chi connectivity index (χ0v) is 20.4. The van der Waals surface area contributed by atoms with E-state index in [0.717, 1.165) is 24.8 Å². The normalized spacial score (nSPS) is 19.7. The summed E-state index contributed by atoms with van der Waals surface area (Å²) >= 11 is 0. The number of benzene rings is 1. The van der Waals surface area contributed by atoms with E-state index in [4.69, 9.17) is 19.9 Å². The first-order chi connectivity index (χ1) is 15.5. The van der Waals surface area contributed by atoms with Gasteiger partial charge in [0.1, 0.15) is 5.60 Å². The van der Waals surface area contributed by atoms with E-state index in [0.29, 0.717) is 18.9 Å². The third-order valence-electron chi connectivity index (χ3n) is 5.80. The van der Waals surface area contributed by atoms with Crippen LogP contribution in [-0.2, 0) is 36.8 Å². The molecule has 0 aromatic heterocycles. The Bertz CT molecular complexity index is 796. The van der Waals surface area contributed by atoms with Gasteiger partial charge in [0.25, 0.3) is 0 Å². The number of nitrogens with two attached hydrogens (primary N) is 1. The van der Waals surface area contributed by atoms with Crippen LogP contribution in [-0.4, -0.2) is 42.8 Å². The predicted molar refractivity (Wildman–Crippen MR) is 124 cm³/mol. The molecule has 0 saturated heterocycles. The van der Waals surface area contributed by atoms with Crippen LogP contribution < -0.4 is 11.1 Å². The fourth-order valence-electron chi connectivity index (χ4n) is 3.89. The number of ether oxygens (including phenoxy) is 3. The van der Waals surface area contributed by atoms with Crippen LogP contribution in [0.1, 0.15) is 64.5 Å². The van der Waals surface area contributed by atoms with Gasteiger partial charge < -0.3 is 25.3 Å². The highest BCUT2D eigenvalue weighted by molar-refractivity contribution is 5.74. The number of hydrogen-bond donors (Lipinski definition) is 2. The zero-order valence-electron chi connectivity index (χ0n) is 20.4. The highest BCUT2D eigenvalue weighted by Crippen LogP contribution is 2.36. The number of methoxy groups -OCH3 is 1. The molecule has 0 radical (unpaired) electrons. The molecule has 1 aliphatic carbocycles. The van der Waals surface area contributed by atoms with Crippen LogP contribution in [0.25, 0.3) is 0 Å². The van der Waals surface area contributed by atoms with Gasteiger partial charge in [-0.2, -0.15) is 0 Å². The Kier molecular flexibility index (Phi) is 9.70. The molecule has 2 amide bonds. The summed E-state index contributed by atoms with van der Waals surface area (Å²) in [7, 11) is 1.44. The van der Waals surface area contributed by atoms with E-state index in [-0.39, 0.29) is 24.4 Å². The number of amides is 2. The average molecular weight is 463 g/mol. The van der Waals surface area contributed by atoms with Crippen LogP contribution in [0, 0.1) is 11.8 Å². The van der Waals surface area contributed by atoms with Crippen molar-refractivity contribution >= 4 is 18.0 Å². The first kappa shape index (κ1) is 26.6. The molecule has 1 aromatic rings. The monoisotopic (exact) mass is 462 g/mol. The first-order valence-corrected chi connectivity index (χ1v) is 11.5. The van der Waals surface area contributed by atoms with Gasteiger partial charge >= 0.3 is 12.1 Å². The first-order valence-electron chi connectivity index (χ1n) is 11.5. The lowest BCUT2D eigenvalue weighted by molar-refractivity contribution is -0.150. The molecule has 8 nitrogen and oxygen atoms in total. The maximum atomic E-state index is 12.2. The number of alkyl carbamates (subject to hydrolysis) is 1. The molecule has 0 bridgehead atoms. The molecule has 0 aliphatic heterocycles. The Hall–Kier alpha value is -2.61. The molecule has 0 unspecified atom stereocenters. The molecule has 0 spiro atoms. The summed E-state index contributed by atoms with van der Waals surface area (Å²) in [5.41, 5.74) is 6.90. The molecular formula is C25H38N2O6. The molecule has 8 heteroatoms. The maximum Gasteiger partial charge on any atom is 0.407 e. The van der Waals surface area contributed by atoms with Gasteiger partial charge in [-0.1, -0.05) is 24.3 Å². The minimum Gasteiger partial charge on any atom is -0.469 e. The fourth-order valence-corrected chi connectivity index (χ4v) is 3.89. The lowest BCUT2D eigenvalue weighted by atomic mass is 9.72. The van der Waals surface area contributed by atoms with Crippen LogP contribution in [0.15, 0.2) is 24.3 Å². The standard InChI is InChI=1S/C25H38N2O6/c1-16(21(10-11-22(26)28)27-24(30)33-25(2,3)4)32-15-18-8-6-17(7-9-18)12-19-13-20(14-19)23(29)31-5/h6-9,16,19-21H,10-15H2,1-5H3,(H2,26,28)(H,27,30)/t16-,19?,20?,21+/m1/s1. The summed E-state index contributed by atoms with van der Waals surface area (Å²) in [5.74, 6) is 0.0217. The van der Waals surface area contributed by atoms with E-state index in [2.05, 4.69) is 17.4 Å². The third kappa shape index (κ3) is 9.42. The highest BCUT2D eigenvalue weighted by atomic mass is 16.6. The average Bonchev–Trinajstić information content (AvgIpc) is 2.70. The quantitative estimate of drug-likeness (QED) is 0.486. The van der Waals surface area contributed by atoms with Crippen molar-refractivity contribution in [2.45, 2.75) is 84.2 Å². The lowest BCUT2D eigenvalue weighted by Crippen LogP contribution is -2.45. The number of esters is 1. The zero-order chi connectivity index (χ0) is 24.6. The van der Waals surface area contributed by atoms with Crippen molar-refractivity contribution in [3.8, 4) is 0 Å². The SMILES string of the molecule is COC(=O)C1CC(Cc2ccc(CO[C@H](C)[C@H](CCC(N)=O)NC(=O)OC(C)(C)C)cc2)C1. The molecule has 184 valence electrons. The molecule has 1 aromatic carbocycles. The van der Waals surface area contributed by atoms with Crippen molar-refractivity contribution in [2.75, 3.05) is 7.11 Å².